The first-order chi connectivity index (χ1) is 8.29. The molecule has 0 spiro atoms. The molecule has 2 nitrogen and oxygen atoms in total. The van der Waals surface area contributed by atoms with Crippen LogP contribution in [-0.4, -0.2) is 4.98 Å². The maximum atomic E-state index is 4.01. The minimum Gasteiger partial charge on any atom is -0.378 e. The maximum Gasteiger partial charge on any atom is 0.0485 e. The van der Waals surface area contributed by atoms with Crippen molar-refractivity contribution in [1.82, 2.24) is 4.98 Å². The lowest BCUT2D eigenvalue weighted by Crippen LogP contribution is -2.06. The van der Waals surface area contributed by atoms with Crippen LogP contribution in [0.1, 0.15) is 31.0 Å². The van der Waals surface area contributed by atoms with Crippen molar-refractivity contribution in [2.24, 2.45) is 0 Å². The zero-order valence-electron chi connectivity index (χ0n) is 10.4. The van der Waals surface area contributed by atoms with Gasteiger partial charge >= 0.3 is 0 Å². The topological polar surface area (TPSA) is 24.9 Å². The third-order valence-electron chi connectivity index (χ3n) is 2.95. The van der Waals surface area contributed by atoms with Crippen molar-refractivity contribution in [3.8, 4) is 0 Å². The van der Waals surface area contributed by atoms with Gasteiger partial charge in [0.1, 0.15) is 0 Å². The first-order valence-corrected chi connectivity index (χ1v) is 6.05. The van der Waals surface area contributed by atoms with Crippen LogP contribution in [0.4, 0.5) is 5.69 Å². The number of nitrogens with one attached hydrogen (secondary N) is 1. The van der Waals surface area contributed by atoms with E-state index in [9.17, 15) is 0 Å². The summed E-state index contributed by atoms with van der Waals surface area (Å²) >= 11 is 0. The molecule has 0 saturated heterocycles. The predicted molar refractivity (Wildman–Crippen MR) is 72.1 cm³/mol. The smallest absolute Gasteiger partial charge is 0.0485 e. The van der Waals surface area contributed by atoms with E-state index in [2.05, 4.69) is 48.4 Å². The van der Waals surface area contributed by atoms with Gasteiger partial charge in [-0.25, -0.2) is 0 Å². The second kappa shape index (κ2) is 5.48. The van der Waals surface area contributed by atoms with Crippen LogP contribution in [0.2, 0.25) is 0 Å². The van der Waals surface area contributed by atoms with E-state index in [4.69, 9.17) is 0 Å². The highest BCUT2D eigenvalue weighted by atomic mass is 14.9. The highest BCUT2D eigenvalue weighted by Gasteiger charge is 2.04. The molecule has 17 heavy (non-hydrogen) atoms. The summed E-state index contributed by atoms with van der Waals surface area (Å²) in [5, 5.41) is 3.46. The SMILES string of the molecule is CCc1ccc(C(C)Nc2ccncc2)cc1. The monoisotopic (exact) mass is 226 g/mol. The molecular formula is C15H18N2. The standard InChI is InChI=1S/C15H18N2/c1-3-13-4-6-14(7-5-13)12(2)17-15-8-10-16-11-9-15/h4-12H,3H2,1-2H3,(H,16,17). The number of aryl methyl sites for hydroxylation is 1. The zero-order chi connectivity index (χ0) is 12.1. The van der Waals surface area contributed by atoms with Gasteiger partial charge in [-0.3, -0.25) is 4.98 Å². The Morgan fingerprint density at radius 2 is 1.71 bits per heavy atom. The van der Waals surface area contributed by atoms with E-state index < -0.39 is 0 Å². The highest BCUT2D eigenvalue weighted by Crippen LogP contribution is 2.19. The number of hydrogen-bond donors (Lipinski definition) is 1. The van der Waals surface area contributed by atoms with Crippen LogP contribution in [-0.2, 0) is 6.42 Å². The Kier molecular flexibility index (Phi) is 3.76. The fraction of sp³-hybridized carbons (Fsp3) is 0.267. The normalized spacial score (nSPS) is 12.1. The van der Waals surface area contributed by atoms with Gasteiger partial charge in [0.2, 0.25) is 0 Å². The molecule has 1 atom stereocenters. The average Bonchev–Trinajstić information content (AvgIpc) is 2.40. The molecule has 0 bridgehead atoms. The molecule has 2 rings (SSSR count). The van der Waals surface area contributed by atoms with E-state index in [0.717, 1.165) is 12.1 Å². The summed E-state index contributed by atoms with van der Waals surface area (Å²) in [5.41, 5.74) is 3.79. The molecule has 0 aliphatic rings. The number of anilines is 1. The number of aromatic nitrogens is 1. The first kappa shape index (κ1) is 11.6. The summed E-state index contributed by atoms with van der Waals surface area (Å²) in [6, 6.07) is 13.0. The first-order valence-electron chi connectivity index (χ1n) is 6.05. The molecule has 1 aromatic heterocycles. The second-order valence-corrected chi connectivity index (χ2v) is 4.20. The summed E-state index contributed by atoms with van der Waals surface area (Å²) in [6.45, 7) is 4.34. The van der Waals surface area contributed by atoms with Crippen molar-refractivity contribution in [1.29, 1.82) is 0 Å². The van der Waals surface area contributed by atoms with Gasteiger partial charge in [-0.1, -0.05) is 31.2 Å². The van der Waals surface area contributed by atoms with Gasteiger partial charge < -0.3 is 5.32 Å². The van der Waals surface area contributed by atoms with Gasteiger partial charge in [-0.15, -0.1) is 0 Å². The fourth-order valence-electron chi connectivity index (χ4n) is 1.82. The third kappa shape index (κ3) is 3.06. The summed E-state index contributed by atoms with van der Waals surface area (Å²) in [5.74, 6) is 0. The van der Waals surface area contributed by atoms with E-state index in [1.807, 2.05) is 12.1 Å². The Hall–Kier alpha value is -1.83. The number of benzene rings is 1. The molecule has 0 amide bonds. The molecule has 2 aromatic rings. The Morgan fingerprint density at radius 1 is 1.06 bits per heavy atom. The Morgan fingerprint density at radius 3 is 2.29 bits per heavy atom. The average molecular weight is 226 g/mol. The van der Waals surface area contributed by atoms with Gasteiger partial charge in [0.25, 0.3) is 0 Å². The van der Waals surface area contributed by atoms with Crippen molar-refractivity contribution in [3.63, 3.8) is 0 Å². The largest absolute Gasteiger partial charge is 0.378 e. The lowest BCUT2D eigenvalue weighted by Gasteiger charge is -2.15. The second-order valence-electron chi connectivity index (χ2n) is 4.20. The van der Waals surface area contributed by atoms with Crippen LogP contribution < -0.4 is 5.32 Å². The quantitative estimate of drug-likeness (QED) is 0.857. The Labute approximate surface area is 103 Å². The molecule has 1 heterocycles. The van der Waals surface area contributed by atoms with Gasteiger partial charge in [0.15, 0.2) is 0 Å². The van der Waals surface area contributed by atoms with Crippen LogP contribution in [0.5, 0.6) is 0 Å². The molecule has 1 unspecified atom stereocenters. The number of nitrogens with zero attached hydrogens (tertiary/aromatic N) is 1. The summed E-state index contributed by atoms with van der Waals surface area (Å²) in [6.07, 6.45) is 4.69. The molecular weight excluding hydrogens is 208 g/mol. The minimum absolute atomic E-state index is 0.309. The number of pyridine rings is 1. The van der Waals surface area contributed by atoms with Gasteiger partial charge in [0, 0.05) is 24.1 Å². The third-order valence-corrected chi connectivity index (χ3v) is 2.95. The lowest BCUT2D eigenvalue weighted by molar-refractivity contribution is 0.882. The van der Waals surface area contributed by atoms with Crippen molar-refractivity contribution in [3.05, 3.63) is 59.9 Å². The molecule has 0 fully saturated rings. The Balaban J connectivity index is 2.06. The van der Waals surface area contributed by atoms with E-state index >= 15 is 0 Å². The number of rotatable bonds is 4. The van der Waals surface area contributed by atoms with Gasteiger partial charge in [-0.05, 0) is 36.6 Å². The van der Waals surface area contributed by atoms with Crippen LogP contribution in [0.25, 0.3) is 0 Å². The van der Waals surface area contributed by atoms with Gasteiger partial charge in [-0.2, -0.15) is 0 Å². The molecule has 0 aliphatic carbocycles. The zero-order valence-corrected chi connectivity index (χ0v) is 10.4. The maximum absolute atomic E-state index is 4.01. The van der Waals surface area contributed by atoms with Crippen LogP contribution >= 0.6 is 0 Å². The molecule has 1 N–H and O–H groups in total. The van der Waals surface area contributed by atoms with Crippen molar-refractivity contribution in [2.75, 3.05) is 5.32 Å². The van der Waals surface area contributed by atoms with E-state index in [1.165, 1.54) is 11.1 Å². The van der Waals surface area contributed by atoms with E-state index in [0.29, 0.717) is 6.04 Å². The van der Waals surface area contributed by atoms with Crippen LogP contribution in [0.3, 0.4) is 0 Å². The van der Waals surface area contributed by atoms with E-state index in [-0.39, 0.29) is 0 Å². The molecule has 2 heteroatoms. The summed E-state index contributed by atoms with van der Waals surface area (Å²) in [7, 11) is 0. The molecule has 88 valence electrons. The predicted octanol–water partition coefficient (Wildman–Crippen LogP) is 3.82. The molecule has 1 aromatic carbocycles. The van der Waals surface area contributed by atoms with Crippen LogP contribution in [0.15, 0.2) is 48.8 Å². The molecule has 0 aliphatic heterocycles. The van der Waals surface area contributed by atoms with Gasteiger partial charge in [0.05, 0.1) is 0 Å². The minimum atomic E-state index is 0.309. The van der Waals surface area contributed by atoms with Crippen molar-refractivity contribution < 1.29 is 0 Å². The Bertz CT molecular complexity index is 448. The van der Waals surface area contributed by atoms with Crippen molar-refractivity contribution in [2.45, 2.75) is 26.3 Å². The summed E-state index contributed by atoms with van der Waals surface area (Å²) < 4.78 is 0. The number of hydrogen-bond acceptors (Lipinski definition) is 2. The van der Waals surface area contributed by atoms with E-state index in [1.54, 1.807) is 12.4 Å². The fourth-order valence-corrected chi connectivity index (χ4v) is 1.82. The van der Waals surface area contributed by atoms with Crippen molar-refractivity contribution >= 4 is 5.69 Å². The molecule has 0 radical (unpaired) electrons. The lowest BCUT2D eigenvalue weighted by atomic mass is 10.0. The highest BCUT2D eigenvalue weighted by molar-refractivity contribution is 5.43. The van der Waals surface area contributed by atoms with Crippen LogP contribution in [0, 0.1) is 0 Å². The molecule has 0 saturated carbocycles. The summed E-state index contributed by atoms with van der Waals surface area (Å²) in [4.78, 5) is 4.01.